The van der Waals surface area contributed by atoms with E-state index in [-0.39, 0.29) is 17.7 Å². The van der Waals surface area contributed by atoms with Gasteiger partial charge in [0.05, 0.1) is 18.6 Å². The van der Waals surface area contributed by atoms with Gasteiger partial charge in [0, 0.05) is 11.8 Å². The summed E-state index contributed by atoms with van der Waals surface area (Å²) in [5.41, 5.74) is 4.80. The molecule has 0 aliphatic carbocycles. The van der Waals surface area contributed by atoms with Crippen LogP contribution in [0, 0.1) is 5.82 Å². The normalized spacial score (nSPS) is 13.6. The molecule has 2 atom stereocenters. The van der Waals surface area contributed by atoms with Crippen LogP contribution in [-0.4, -0.2) is 33.5 Å². The van der Waals surface area contributed by atoms with E-state index in [4.69, 9.17) is 5.11 Å². The molecule has 0 amide bonds. The summed E-state index contributed by atoms with van der Waals surface area (Å²) in [6.45, 7) is 4.36. The van der Waals surface area contributed by atoms with Crippen molar-refractivity contribution in [2.45, 2.75) is 57.2 Å². The van der Waals surface area contributed by atoms with E-state index in [9.17, 15) is 19.4 Å². The molecule has 0 aliphatic heterocycles. The average molecular weight is 477 g/mol. The largest absolute Gasteiger partial charge is 0.481 e. The monoisotopic (exact) mass is 476 g/mol. The molecule has 0 aliphatic rings. The number of benzene rings is 3. The Labute approximate surface area is 206 Å². The fourth-order valence-corrected chi connectivity index (χ4v) is 4.73. The first-order valence-electron chi connectivity index (χ1n) is 12.0. The second kappa shape index (κ2) is 11.9. The lowest BCUT2D eigenvalue weighted by Crippen LogP contribution is -2.26. The Hall–Kier alpha value is -3.28. The minimum absolute atomic E-state index is 0.0739. The van der Waals surface area contributed by atoms with Crippen LogP contribution in [0.25, 0.3) is 17.2 Å². The molecule has 0 spiro atoms. The molecule has 4 nitrogen and oxygen atoms in total. The Morgan fingerprint density at radius 2 is 1.60 bits per heavy atom. The fraction of sp³-hybridized carbons (Fsp3) is 0.300. The number of aliphatic hydroxyl groups excluding tert-OH is 2. The average Bonchev–Trinajstić information content (AvgIpc) is 2.85. The van der Waals surface area contributed by atoms with E-state index >= 15 is 0 Å². The number of hydrogen-bond acceptors (Lipinski definition) is 3. The lowest BCUT2D eigenvalue weighted by molar-refractivity contribution is -0.139. The molecule has 0 bridgehead atoms. The molecule has 5 heteroatoms. The second-order valence-electron chi connectivity index (χ2n) is 8.88. The Balaban J connectivity index is 2.04. The fourth-order valence-electron chi connectivity index (χ4n) is 4.73. The third-order valence-electron chi connectivity index (χ3n) is 6.72. The van der Waals surface area contributed by atoms with Gasteiger partial charge >= 0.3 is 5.97 Å². The highest BCUT2D eigenvalue weighted by molar-refractivity contribution is 5.76. The Morgan fingerprint density at radius 1 is 0.943 bits per heavy atom. The van der Waals surface area contributed by atoms with Gasteiger partial charge < -0.3 is 15.3 Å². The van der Waals surface area contributed by atoms with Crippen molar-refractivity contribution in [2.75, 3.05) is 0 Å². The van der Waals surface area contributed by atoms with Crippen LogP contribution in [0.1, 0.15) is 56.2 Å². The van der Waals surface area contributed by atoms with Crippen LogP contribution in [-0.2, 0) is 10.2 Å². The van der Waals surface area contributed by atoms with Gasteiger partial charge in [-0.05, 0) is 58.9 Å². The lowest BCUT2D eigenvalue weighted by Gasteiger charge is -2.34. The van der Waals surface area contributed by atoms with Crippen LogP contribution in [0.5, 0.6) is 0 Å². The topological polar surface area (TPSA) is 77.8 Å². The van der Waals surface area contributed by atoms with E-state index in [0.29, 0.717) is 0 Å². The number of hydrogen-bond donors (Lipinski definition) is 3. The van der Waals surface area contributed by atoms with Gasteiger partial charge in [-0.2, -0.15) is 0 Å². The van der Waals surface area contributed by atoms with Crippen molar-refractivity contribution in [1.29, 1.82) is 0 Å². The predicted molar refractivity (Wildman–Crippen MR) is 138 cm³/mol. The Bertz CT molecular complexity index is 1130. The number of halogens is 1. The van der Waals surface area contributed by atoms with Gasteiger partial charge in [0.2, 0.25) is 0 Å². The van der Waals surface area contributed by atoms with Crippen molar-refractivity contribution in [2.24, 2.45) is 0 Å². The molecule has 0 heterocycles. The number of carboxylic acid groups (broad SMARTS) is 1. The zero-order valence-corrected chi connectivity index (χ0v) is 20.2. The molecule has 0 radical (unpaired) electrons. The van der Waals surface area contributed by atoms with Crippen LogP contribution < -0.4 is 0 Å². The van der Waals surface area contributed by atoms with Crippen LogP contribution in [0.2, 0.25) is 0 Å². The van der Waals surface area contributed by atoms with Gasteiger partial charge in [-0.1, -0.05) is 80.6 Å². The summed E-state index contributed by atoms with van der Waals surface area (Å²) >= 11 is 0. The number of aliphatic carboxylic acids is 1. The van der Waals surface area contributed by atoms with Gasteiger partial charge in [0.15, 0.2) is 0 Å². The Kier molecular flexibility index (Phi) is 8.96. The van der Waals surface area contributed by atoms with Crippen LogP contribution in [0.4, 0.5) is 4.39 Å². The summed E-state index contributed by atoms with van der Waals surface area (Å²) in [5, 5.41) is 28.9. The smallest absolute Gasteiger partial charge is 0.305 e. The van der Waals surface area contributed by atoms with E-state index in [1.807, 2.05) is 24.3 Å². The third kappa shape index (κ3) is 6.44. The summed E-state index contributed by atoms with van der Waals surface area (Å²) in [6, 6.07) is 23.0. The van der Waals surface area contributed by atoms with E-state index in [1.165, 1.54) is 17.7 Å². The van der Waals surface area contributed by atoms with Crippen LogP contribution in [0.15, 0.2) is 78.9 Å². The van der Waals surface area contributed by atoms with Crippen molar-refractivity contribution in [3.05, 3.63) is 101 Å². The van der Waals surface area contributed by atoms with Crippen LogP contribution >= 0.6 is 0 Å². The minimum Gasteiger partial charge on any atom is -0.481 e. The molecule has 3 aromatic rings. The predicted octanol–water partition coefficient (Wildman–Crippen LogP) is 6.20. The first-order valence-corrected chi connectivity index (χ1v) is 12.0. The maximum Gasteiger partial charge on any atom is 0.305 e. The number of carbonyl (C=O) groups is 1. The molecule has 3 N–H and O–H groups in total. The van der Waals surface area contributed by atoms with Gasteiger partial charge in [0.25, 0.3) is 0 Å². The van der Waals surface area contributed by atoms with Gasteiger partial charge in [-0.3, -0.25) is 4.79 Å². The van der Waals surface area contributed by atoms with Crippen molar-refractivity contribution < 1.29 is 24.5 Å². The van der Waals surface area contributed by atoms with Crippen molar-refractivity contribution >= 4 is 12.0 Å². The van der Waals surface area contributed by atoms with Crippen molar-refractivity contribution in [1.82, 2.24) is 0 Å². The second-order valence-corrected chi connectivity index (χ2v) is 8.88. The zero-order chi connectivity index (χ0) is 25.4. The minimum atomic E-state index is -1.13. The summed E-state index contributed by atoms with van der Waals surface area (Å²) in [7, 11) is 0. The van der Waals surface area contributed by atoms with E-state index < -0.39 is 24.6 Å². The van der Waals surface area contributed by atoms with Crippen molar-refractivity contribution in [3.63, 3.8) is 0 Å². The molecular weight excluding hydrogens is 443 g/mol. The van der Waals surface area contributed by atoms with E-state index in [1.54, 1.807) is 24.3 Å². The maximum atomic E-state index is 13.7. The summed E-state index contributed by atoms with van der Waals surface area (Å²) in [5.74, 6) is -1.43. The number of carboxylic acids is 1. The molecular formula is C30H33FO4. The molecule has 0 saturated carbocycles. The highest BCUT2D eigenvalue weighted by Gasteiger charge is 2.31. The molecule has 0 aromatic heterocycles. The molecule has 3 rings (SSSR count). The third-order valence-corrected chi connectivity index (χ3v) is 6.72. The molecule has 3 aromatic carbocycles. The molecule has 184 valence electrons. The highest BCUT2D eigenvalue weighted by Crippen LogP contribution is 2.41. The number of rotatable bonds is 11. The summed E-state index contributed by atoms with van der Waals surface area (Å²) < 4.78 is 13.7. The SMILES string of the molecule is CCC(CC)(c1ccccc1)c1ccc(/C=C/[C@@H](O)C[C@@H](O)CC(=O)O)c(-c2ccc(F)cc2)c1. The Morgan fingerprint density at radius 3 is 2.20 bits per heavy atom. The maximum absolute atomic E-state index is 13.7. The molecule has 0 unspecified atom stereocenters. The quantitative estimate of drug-likeness (QED) is 0.308. The first kappa shape index (κ1) is 26.3. The number of aliphatic hydroxyl groups is 2. The zero-order valence-electron chi connectivity index (χ0n) is 20.2. The van der Waals surface area contributed by atoms with Crippen molar-refractivity contribution in [3.8, 4) is 11.1 Å². The summed E-state index contributed by atoms with van der Waals surface area (Å²) in [6.07, 6.45) is 2.51. The van der Waals surface area contributed by atoms with Gasteiger partial charge in [-0.25, -0.2) is 4.39 Å². The molecule has 0 fully saturated rings. The molecule has 0 saturated heterocycles. The van der Waals surface area contributed by atoms with Gasteiger partial charge in [-0.15, -0.1) is 0 Å². The van der Waals surface area contributed by atoms with Crippen LogP contribution in [0.3, 0.4) is 0 Å². The summed E-state index contributed by atoms with van der Waals surface area (Å²) in [4.78, 5) is 10.8. The standard InChI is InChI=1S/C30H33FO4/c1-3-30(4-2,23-8-6-5-7-9-23)24-14-10-21(13-17-26(32)19-27(33)20-29(34)35)28(18-24)22-11-15-25(31)16-12-22/h5-18,26-27,32-33H,3-4,19-20H2,1-2H3,(H,34,35)/b17-13+/t26-,27-/m1/s1. The van der Waals surface area contributed by atoms with E-state index in [2.05, 4.69) is 38.1 Å². The van der Waals surface area contributed by atoms with E-state index in [0.717, 1.165) is 35.1 Å². The van der Waals surface area contributed by atoms with Gasteiger partial charge in [0.1, 0.15) is 5.82 Å². The first-order chi connectivity index (χ1) is 16.8. The lowest BCUT2D eigenvalue weighted by atomic mass is 9.70. The molecule has 35 heavy (non-hydrogen) atoms. The highest BCUT2D eigenvalue weighted by atomic mass is 19.1.